The molecule has 11 nitrogen and oxygen atoms in total. The van der Waals surface area contributed by atoms with Gasteiger partial charge in [0.15, 0.2) is 0 Å². The SMILES string of the molecule is CCCCS(=O)(=O)N1CCC(Oc2c(N3CCN(S(=O)(=O)Cc4ccccc4)CC3)cnn(-c3ccc(F)cc3)c2=O)CC1. The summed E-state index contributed by atoms with van der Waals surface area (Å²) >= 11 is 0. The Morgan fingerprint density at radius 3 is 2.14 bits per heavy atom. The van der Waals surface area contributed by atoms with Crippen LogP contribution in [0.3, 0.4) is 0 Å². The Labute approximate surface area is 258 Å². The minimum absolute atomic E-state index is 0.0530. The van der Waals surface area contributed by atoms with Crippen LogP contribution in [0.25, 0.3) is 5.69 Å². The molecule has 2 aromatic carbocycles. The molecular weight excluding hydrogens is 609 g/mol. The van der Waals surface area contributed by atoms with Crippen LogP contribution in [-0.4, -0.2) is 86.4 Å². The average molecular weight is 648 g/mol. The molecule has 0 aliphatic carbocycles. The predicted molar refractivity (Wildman–Crippen MR) is 167 cm³/mol. The van der Waals surface area contributed by atoms with Gasteiger partial charge in [-0.15, -0.1) is 0 Å². The molecule has 3 aromatic rings. The quantitative estimate of drug-likeness (QED) is 0.312. The summed E-state index contributed by atoms with van der Waals surface area (Å²) in [5.74, 6) is -0.378. The van der Waals surface area contributed by atoms with Gasteiger partial charge in [-0.05, 0) is 49.1 Å². The highest BCUT2D eigenvalue weighted by Gasteiger charge is 2.32. The molecule has 2 fully saturated rings. The van der Waals surface area contributed by atoms with Gasteiger partial charge in [-0.2, -0.15) is 14.1 Å². The maximum atomic E-state index is 13.8. The highest BCUT2D eigenvalue weighted by Crippen LogP contribution is 2.29. The smallest absolute Gasteiger partial charge is 0.316 e. The van der Waals surface area contributed by atoms with E-state index in [9.17, 15) is 26.0 Å². The van der Waals surface area contributed by atoms with Crippen molar-refractivity contribution in [1.82, 2.24) is 18.4 Å². The van der Waals surface area contributed by atoms with Gasteiger partial charge in [0, 0.05) is 39.3 Å². The molecular formula is C30H38FN5O6S2. The molecule has 0 unspecified atom stereocenters. The molecule has 3 heterocycles. The number of sulfonamides is 2. The Morgan fingerprint density at radius 2 is 1.50 bits per heavy atom. The Morgan fingerprint density at radius 1 is 0.864 bits per heavy atom. The fourth-order valence-electron chi connectivity index (χ4n) is 5.47. The van der Waals surface area contributed by atoms with Crippen LogP contribution in [0, 0.1) is 5.82 Å². The van der Waals surface area contributed by atoms with Crippen LogP contribution in [0.15, 0.2) is 65.6 Å². The Kier molecular flexibility index (Phi) is 10.0. The molecule has 0 spiro atoms. The number of ether oxygens (including phenoxy) is 1. The molecule has 5 rings (SSSR count). The van der Waals surface area contributed by atoms with Crippen molar-refractivity contribution in [3.8, 4) is 11.4 Å². The molecule has 0 saturated carbocycles. The summed E-state index contributed by atoms with van der Waals surface area (Å²) in [5, 5.41) is 4.34. The maximum Gasteiger partial charge on any atom is 0.316 e. The molecule has 2 aliphatic heterocycles. The van der Waals surface area contributed by atoms with Crippen molar-refractivity contribution in [2.75, 3.05) is 49.9 Å². The van der Waals surface area contributed by atoms with Crippen molar-refractivity contribution in [2.24, 2.45) is 0 Å². The summed E-state index contributed by atoms with van der Waals surface area (Å²) in [6.45, 7) is 3.63. The standard InChI is InChI=1S/C30H38FN5O6S2/c1-2-3-21-43(38,39)34-15-13-27(14-16-34)42-29-28(22-32-36(30(29)37)26-11-9-25(31)10-12-26)33-17-19-35(20-18-33)44(40,41)23-24-7-5-4-6-8-24/h4-12,22,27H,2-3,13-21,23H2,1H3. The summed E-state index contributed by atoms with van der Waals surface area (Å²) in [6, 6.07) is 14.4. The minimum atomic E-state index is -3.54. The molecule has 0 atom stereocenters. The molecule has 44 heavy (non-hydrogen) atoms. The van der Waals surface area contributed by atoms with Crippen molar-refractivity contribution in [3.63, 3.8) is 0 Å². The van der Waals surface area contributed by atoms with Crippen LogP contribution in [-0.2, 0) is 25.8 Å². The van der Waals surface area contributed by atoms with E-state index in [0.717, 1.165) is 11.1 Å². The number of benzene rings is 2. The lowest BCUT2D eigenvalue weighted by molar-refractivity contribution is 0.133. The van der Waals surface area contributed by atoms with Gasteiger partial charge in [0.05, 0.1) is 23.4 Å². The molecule has 0 bridgehead atoms. The van der Waals surface area contributed by atoms with Crippen molar-refractivity contribution in [2.45, 2.75) is 44.5 Å². The monoisotopic (exact) mass is 647 g/mol. The van der Waals surface area contributed by atoms with Crippen LogP contribution >= 0.6 is 0 Å². The summed E-state index contributed by atoms with van der Waals surface area (Å²) in [6.07, 6.45) is 3.32. The van der Waals surface area contributed by atoms with E-state index >= 15 is 0 Å². The van der Waals surface area contributed by atoms with Gasteiger partial charge in [0.2, 0.25) is 25.8 Å². The topological polar surface area (TPSA) is 122 Å². The van der Waals surface area contributed by atoms with Crippen molar-refractivity contribution < 1.29 is 26.0 Å². The van der Waals surface area contributed by atoms with Gasteiger partial charge in [-0.25, -0.2) is 25.5 Å². The molecule has 0 N–H and O–H groups in total. The number of hydrogen-bond donors (Lipinski definition) is 0. The zero-order valence-electron chi connectivity index (χ0n) is 24.7. The second-order valence-corrected chi connectivity index (χ2v) is 15.1. The summed E-state index contributed by atoms with van der Waals surface area (Å²) < 4.78 is 75.6. The summed E-state index contributed by atoms with van der Waals surface area (Å²) in [5.41, 5.74) is 0.975. The van der Waals surface area contributed by atoms with Gasteiger partial charge in [0.1, 0.15) is 17.6 Å². The first-order chi connectivity index (χ1) is 21.1. The number of anilines is 1. The van der Waals surface area contributed by atoms with E-state index in [-0.39, 0.29) is 30.3 Å². The highest BCUT2D eigenvalue weighted by atomic mass is 32.2. The largest absolute Gasteiger partial charge is 0.483 e. The molecule has 0 amide bonds. The number of halogens is 1. The number of hydrogen-bond acceptors (Lipinski definition) is 8. The van der Waals surface area contributed by atoms with Gasteiger partial charge >= 0.3 is 5.56 Å². The van der Waals surface area contributed by atoms with Gasteiger partial charge in [0.25, 0.3) is 0 Å². The Balaban J connectivity index is 1.35. The summed E-state index contributed by atoms with van der Waals surface area (Å²) in [7, 11) is -6.89. The first-order valence-corrected chi connectivity index (χ1v) is 18.1. The normalized spacial score (nSPS) is 17.5. The first kappa shape index (κ1) is 32.1. The number of piperazine rings is 1. The fraction of sp³-hybridized carbons (Fsp3) is 0.467. The van der Waals surface area contributed by atoms with Crippen LogP contribution in [0.2, 0.25) is 0 Å². The van der Waals surface area contributed by atoms with E-state index in [2.05, 4.69) is 5.10 Å². The Bertz CT molecular complexity index is 1690. The van der Waals surface area contributed by atoms with Crippen LogP contribution in [0.5, 0.6) is 5.75 Å². The zero-order chi connectivity index (χ0) is 31.3. The van der Waals surface area contributed by atoms with E-state index in [4.69, 9.17) is 4.74 Å². The minimum Gasteiger partial charge on any atom is -0.483 e. The van der Waals surface area contributed by atoms with Crippen molar-refractivity contribution >= 4 is 25.7 Å². The zero-order valence-corrected chi connectivity index (χ0v) is 26.3. The first-order valence-electron chi connectivity index (χ1n) is 14.9. The highest BCUT2D eigenvalue weighted by molar-refractivity contribution is 7.89. The number of aromatic nitrogens is 2. The third-order valence-electron chi connectivity index (χ3n) is 7.99. The second kappa shape index (κ2) is 13.8. The van der Waals surface area contributed by atoms with Crippen molar-refractivity contribution in [3.05, 3.63) is 82.5 Å². The van der Waals surface area contributed by atoms with E-state index in [1.165, 1.54) is 39.1 Å². The third kappa shape index (κ3) is 7.48. The van der Waals surface area contributed by atoms with Gasteiger partial charge in [-0.1, -0.05) is 43.7 Å². The third-order valence-corrected chi connectivity index (χ3v) is 11.8. The van der Waals surface area contributed by atoms with Crippen molar-refractivity contribution in [1.29, 1.82) is 0 Å². The lowest BCUT2D eigenvalue weighted by Gasteiger charge is -2.36. The number of nitrogens with zero attached hydrogens (tertiary/aromatic N) is 5. The van der Waals surface area contributed by atoms with E-state index in [1.807, 2.05) is 17.9 Å². The molecule has 0 radical (unpaired) electrons. The maximum absolute atomic E-state index is 13.8. The van der Waals surface area contributed by atoms with Crippen LogP contribution in [0.4, 0.5) is 10.1 Å². The molecule has 2 aliphatic rings. The van der Waals surface area contributed by atoms with E-state index < -0.39 is 37.5 Å². The van der Waals surface area contributed by atoms with Crippen LogP contribution in [0.1, 0.15) is 38.2 Å². The fourth-order valence-corrected chi connectivity index (χ4v) is 8.66. The number of unbranched alkanes of at least 4 members (excludes halogenated alkanes) is 1. The molecule has 1 aromatic heterocycles. The van der Waals surface area contributed by atoms with Crippen LogP contribution < -0.4 is 15.2 Å². The van der Waals surface area contributed by atoms with E-state index in [1.54, 1.807) is 24.3 Å². The predicted octanol–water partition coefficient (Wildman–Crippen LogP) is 3.00. The average Bonchev–Trinajstić information content (AvgIpc) is 3.02. The second-order valence-electron chi connectivity index (χ2n) is 11.1. The van der Waals surface area contributed by atoms with Gasteiger partial charge < -0.3 is 9.64 Å². The summed E-state index contributed by atoms with van der Waals surface area (Å²) in [4.78, 5) is 15.7. The lowest BCUT2D eigenvalue weighted by Crippen LogP contribution is -2.49. The van der Waals surface area contributed by atoms with E-state index in [0.29, 0.717) is 62.4 Å². The Hall–Kier alpha value is -3.33. The molecule has 2 saturated heterocycles. The number of piperidine rings is 1. The lowest BCUT2D eigenvalue weighted by atomic mass is 10.1. The molecule has 238 valence electrons. The number of rotatable bonds is 11. The molecule has 14 heteroatoms. The van der Waals surface area contributed by atoms with Gasteiger partial charge in [-0.3, -0.25) is 4.79 Å².